The molecule has 0 aliphatic rings. The van der Waals surface area contributed by atoms with Crippen LogP contribution >= 0.6 is 0 Å². The van der Waals surface area contributed by atoms with Crippen molar-refractivity contribution in [2.45, 2.75) is 5.60 Å². The molecule has 0 fully saturated rings. The monoisotopic (exact) mass is 277 g/mol. The number of hydrogen-bond acceptors (Lipinski definition) is 4. The first kappa shape index (κ1) is 13.7. The smallest absolute Gasteiger partial charge is 0.151 e. The van der Waals surface area contributed by atoms with Gasteiger partial charge in [-0.1, -0.05) is 36.4 Å². The van der Waals surface area contributed by atoms with E-state index >= 15 is 0 Å². The summed E-state index contributed by atoms with van der Waals surface area (Å²) < 4.78 is 23.2. The number of sulfone groups is 1. The molecule has 19 heavy (non-hydrogen) atoms. The van der Waals surface area contributed by atoms with Crippen LogP contribution in [0.5, 0.6) is 0 Å². The van der Waals surface area contributed by atoms with Gasteiger partial charge in [-0.3, -0.25) is 4.98 Å². The molecule has 5 heteroatoms. The molecule has 2 aromatic rings. The first-order valence-corrected chi connectivity index (χ1v) is 7.85. The van der Waals surface area contributed by atoms with E-state index in [2.05, 4.69) is 4.98 Å². The van der Waals surface area contributed by atoms with Gasteiger partial charge in [0.15, 0.2) is 9.84 Å². The second-order valence-corrected chi connectivity index (χ2v) is 6.65. The summed E-state index contributed by atoms with van der Waals surface area (Å²) >= 11 is 0. The lowest BCUT2D eigenvalue weighted by molar-refractivity contribution is 0.101. The van der Waals surface area contributed by atoms with Gasteiger partial charge in [0, 0.05) is 12.5 Å². The summed E-state index contributed by atoms with van der Waals surface area (Å²) in [6.07, 6.45) is 2.63. The number of aliphatic hydroxyl groups is 1. The second kappa shape index (κ2) is 5.11. The fraction of sp³-hybridized carbons (Fsp3) is 0.214. The van der Waals surface area contributed by atoms with Crippen molar-refractivity contribution in [3.05, 3.63) is 66.0 Å². The summed E-state index contributed by atoms with van der Waals surface area (Å²) in [5.41, 5.74) is -0.790. The molecule has 0 saturated carbocycles. The van der Waals surface area contributed by atoms with E-state index in [1.807, 2.05) is 6.07 Å². The highest BCUT2D eigenvalue weighted by molar-refractivity contribution is 7.90. The summed E-state index contributed by atoms with van der Waals surface area (Å²) in [5, 5.41) is 10.8. The van der Waals surface area contributed by atoms with Gasteiger partial charge in [0.05, 0.1) is 11.4 Å². The Morgan fingerprint density at radius 1 is 1.11 bits per heavy atom. The standard InChI is InChI=1S/C14H15NO3S/c1-19(17,18)11-14(16,12-7-3-2-4-8-12)13-9-5-6-10-15-13/h2-10,16H,11H2,1H3/t14-/m1/s1. The van der Waals surface area contributed by atoms with Crippen molar-refractivity contribution in [1.29, 1.82) is 0 Å². The molecule has 1 heterocycles. The van der Waals surface area contributed by atoms with E-state index in [1.54, 1.807) is 42.5 Å². The van der Waals surface area contributed by atoms with Crippen molar-refractivity contribution < 1.29 is 13.5 Å². The molecule has 0 aliphatic carbocycles. The summed E-state index contributed by atoms with van der Waals surface area (Å²) in [7, 11) is -3.37. The number of aromatic nitrogens is 1. The molecule has 0 bridgehead atoms. The van der Waals surface area contributed by atoms with Gasteiger partial charge in [-0.25, -0.2) is 8.42 Å². The lowest BCUT2D eigenvalue weighted by atomic mass is 9.92. The van der Waals surface area contributed by atoms with E-state index in [0.717, 1.165) is 6.26 Å². The zero-order valence-corrected chi connectivity index (χ0v) is 11.3. The summed E-state index contributed by atoms with van der Waals surface area (Å²) in [6, 6.07) is 13.8. The normalized spacial score (nSPS) is 14.8. The van der Waals surface area contributed by atoms with E-state index in [0.29, 0.717) is 11.3 Å². The molecule has 1 atom stereocenters. The van der Waals surface area contributed by atoms with Crippen LogP contribution in [0.25, 0.3) is 0 Å². The average molecular weight is 277 g/mol. The van der Waals surface area contributed by atoms with E-state index in [-0.39, 0.29) is 0 Å². The summed E-state index contributed by atoms with van der Waals surface area (Å²) in [6.45, 7) is 0. The first-order chi connectivity index (χ1) is 8.92. The molecule has 0 saturated heterocycles. The van der Waals surface area contributed by atoms with E-state index in [1.165, 1.54) is 6.20 Å². The molecule has 0 aliphatic heterocycles. The number of rotatable bonds is 4. The molecule has 1 aromatic heterocycles. The minimum Gasteiger partial charge on any atom is -0.378 e. The van der Waals surface area contributed by atoms with E-state index in [4.69, 9.17) is 0 Å². The van der Waals surface area contributed by atoms with Gasteiger partial charge in [-0.15, -0.1) is 0 Å². The maximum atomic E-state index is 11.6. The van der Waals surface area contributed by atoms with Crippen LogP contribution in [0.15, 0.2) is 54.7 Å². The third-order valence-electron chi connectivity index (χ3n) is 2.81. The van der Waals surface area contributed by atoms with Gasteiger partial charge in [-0.05, 0) is 17.7 Å². The fourth-order valence-electron chi connectivity index (χ4n) is 2.01. The van der Waals surface area contributed by atoms with Crippen molar-refractivity contribution in [3.63, 3.8) is 0 Å². The van der Waals surface area contributed by atoms with E-state index in [9.17, 15) is 13.5 Å². The van der Waals surface area contributed by atoms with Crippen LogP contribution in [0.1, 0.15) is 11.3 Å². The van der Waals surface area contributed by atoms with Crippen LogP contribution in [0.2, 0.25) is 0 Å². The van der Waals surface area contributed by atoms with Gasteiger partial charge in [0.2, 0.25) is 0 Å². The van der Waals surface area contributed by atoms with Gasteiger partial charge in [0.25, 0.3) is 0 Å². The Bertz CT molecular complexity index is 599. The molecule has 100 valence electrons. The Morgan fingerprint density at radius 3 is 2.26 bits per heavy atom. The number of nitrogens with zero attached hydrogens (tertiary/aromatic N) is 1. The van der Waals surface area contributed by atoms with Crippen LogP contribution < -0.4 is 0 Å². The van der Waals surface area contributed by atoms with E-state index < -0.39 is 21.2 Å². The quantitative estimate of drug-likeness (QED) is 0.916. The third-order valence-corrected chi connectivity index (χ3v) is 3.75. The van der Waals surface area contributed by atoms with Crippen molar-refractivity contribution in [3.8, 4) is 0 Å². The van der Waals surface area contributed by atoms with Gasteiger partial charge < -0.3 is 5.11 Å². The highest BCUT2D eigenvalue weighted by Gasteiger charge is 2.36. The van der Waals surface area contributed by atoms with Crippen LogP contribution in [-0.2, 0) is 15.4 Å². The SMILES string of the molecule is CS(=O)(=O)C[C@@](O)(c1ccccc1)c1ccccn1. The van der Waals surface area contributed by atoms with Crippen molar-refractivity contribution in [1.82, 2.24) is 4.98 Å². The largest absolute Gasteiger partial charge is 0.378 e. The third kappa shape index (κ3) is 3.19. The van der Waals surface area contributed by atoms with Crippen molar-refractivity contribution in [2.75, 3.05) is 12.0 Å². The lowest BCUT2D eigenvalue weighted by Gasteiger charge is -2.27. The predicted octanol–water partition coefficient (Wildman–Crippen LogP) is 1.36. The first-order valence-electron chi connectivity index (χ1n) is 5.79. The molecule has 0 radical (unpaired) electrons. The molecular formula is C14H15NO3S. The topological polar surface area (TPSA) is 67.3 Å². The van der Waals surface area contributed by atoms with Crippen molar-refractivity contribution in [2.24, 2.45) is 0 Å². The zero-order valence-electron chi connectivity index (χ0n) is 10.5. The minimum absolute atomic E-state index is 0.326. The average Bonchev–Trinajstić information content (AvgIpc) is 2.39. The number of pyridine rings is 1. The Hall–Kier alpha value is -1.72. The summed E-state index contributed by atoms with van der Waals surface area (Å²) in [4.78, 5) is 4.10. The van der Waals surface area contributed by atoms with Gasteiger partial charge >= 0.3 is 0 Å². The van der Waals surface area contributed by atoms with Crippen LogP contribution in [0.3, 0.4) is 0 Å². The van der Waals surface area contributed by atoms with Crippen molar-refractivity contribution >= 4 is 9.84 Å². The molecule has 2 rings (SSSR count). The number of hydrogen-bond donors (Lipinski definition) is 1. The Kier molecular flexibility index (Phi) is 3.68. The second-order valence-electron chi connectivity index (χ2n) is 4.51. The molecule has 0 amide bonds. The fourth-order valence-corrected chi connectivity index (χ4v) is 3.08. The van der Waals surface area contributed by atoms with Gasteiger partial charge in [0.1, 0.15) is 5.60 Å². The Labute approximate surface area is 112 Å². The van der Waals surface area contributed by atoms with Crippen LogP contribution in [0, 0.1) is 0 Å². The summed E-state index contributed by atoms with van der Waals surface area (Å²) in [5.74, 6) is -0.402. The lowest BCUT2D eigenvalue weighted by Crippen LogP contribution is -2.36. The van der Waals surface area contributed by atoms with Gasteiger partial charge in [-0.2, -0.15) is 0 Å². The molecule has 1 aromatic carbocycles. The highest BCUT2D eigenvalue weighted by Crippen LogP contribution is 2.29. The maximum Gasteiger partial charge on any atom is 0.151 e. The Morgan fingerprint density at radius 2 is 1.74 bits per heavy atom. The molecule has 0 unspecified atom stereocenters. The molecule has 1 N–H and O–H groups in total. The Balaban J connectivity index is 2.57. The minimum atomic E-state index is -3.37. The van der Waals surface area contributed by atoms with Crippen LogP contribution in [0.4, 0.5) is 0 Å². The number of benzene rings is 1. The molecule has 4 nitrogen and oxygen atoms in total. The van der Waals surface area contributed by atoms with Crippen LogP contribution in [-0.4, -0.2) is 30.5 Å². The zero-order chi connectivity index (χ0) is 13.9. The predicted molar refractivity (Wildman–Crippen MR) is 73.4 cm³/mol. The molecule has 0 spiro atoms. The molecular weight excluding hydrogens is 262 g/mol. The highest BCUT2D eigenvalue weighted by atomic mass is 32.2. The maximum absolute atomic E-state index is 11.6.